The third-order valence-electron chi connectivity index (χ3n) is 7.85. The molecule has 2 aliphatic carbocycles. The second-order valence-corrected chi connectivity index (χ2v) is 10.3. The molecule has 3 heterocycles. The van der Waals surface area contributed by atoms with Crippen LogP contribution in [0.4, 0.5) is 0 Å². The molecule has 5 rings (SSSR count). The van der Waals surface area contributed by atoms with Crippen LogP contribution in [0.3, 0.4) is 0 Å². The molecule has 23 heavy (non-hydrogen) atoms. The fraction of sp³-hybridized carbons (Fsp3) is 0.941. The van der Waals surface area contributed by atoms with Crippen molar-refractivity contribution in [1.82, 2.24) is 4.90 Å². The van der Waals surface area contributed by atoms with Gasteiger partial charge >= 0.3 is 0 Å². The van der Waals surface area contributed by atoms with Crippen molar-refractivity contribution < 1.29 is 17.8 Å². The van der Waals surface area contributed by atoms with Gasteiger partial charge in [0.25, 0.3) is 10.1 Å². The summed E-state index contributed by atoms with van der Waals surface area (Å²) in [7, 11) is -4.15. The van der Waals surface area contributed by atoms with E-state index in [0.29, 0.717) is 18.3 Å². The monoisotopic (exact) mass is 341 g/mol. The molecule has 0 aromatic heterocycles. The van der Waals surface area contributed by atoms with Gasteiger partial charge in [-0.05, 0) is 61.9 Å². The molecular formula is C17H27NO4S. The molecule has 130 valence electrons. The molecule has 2 saturated carbocycles. The summed E-state index contributed by atoms with van der Waals surface area (Å²) in [5.74, 6) is 1.01. The Bertz CT molecular complexity index is 635. The average molecular weight is 341 g/mol. The van der Waals surface area contributed by atoms with E-state index in [1.807, 2.05) is 0 Å². The number of ketones is 1. The van der Waals surface area contributed by atoms with Gasteiger partial charge in [0.2, 0.25) is 0 Å². The van der Waals surface area contributed by atoms with E-state index in [2.05, 4.69) is 18.7 Å². The maximum Gasteiger partial charge on any atom is 0.265 e. The molecule has 0 radical (unpaired) electrons. The van der Waals surface area contributed by atoms with Crippen molar-refractivity contribution in [3.63, 3.8) is 0 Å². The smallest absolute Gasteiger partial charge is 0.265 e. The largest absolute Gasteiger partial charge is 0.303 e. The number of hydrogen-bond donors (Lipinski definition) is 1. The molecule has 3 saturated heterocycles. The van der Waals surface area contributed by atoms with Crippen molar-refractivity contribution in [2.45, 2.75) is 39.5 Å². The Morgan fingerprint density at radius 3 is 2.39 bits per heavy atom. The molecular weight excluding hydrogens is 314 g/mol. The first-order valence-electron chi connectivity index (χ1n) is 8.87. The molecule has 4 atom stereocenters. The number of rotatable bonds is 3. The highest BCUT2D eigenvalue weighted by molar-refractivity contribution is 7.85. The zero-order valence-electron chi connectivity index (χ0n) is 14.0. The Labute approximate surface area is 138 Å². The second kappa shape index (κ2) is 4.79. The van der Waals surface area contributed by atoms with E-state index in [-0.39, 0.29) is 28.8 Å². The van der Waals surface area contributed by atoms with E-state index < -0.39 is 15.5 Å². The minimum absolute atomic E-state index is 0.00593. The lowest BCUT2D eigenvalue weighted by molar-refractivity contribution is -0.135. The van der Waals surface area contributed by atoms with Crippen LogP contribution in [0.1, 0.15) is 39.5 Å². The minimum atomic E-state index is -4.15. The lowest BCUT2D eigenvalue weighted by Crippen LogP contribution is -2.53. The highest BCUT2D eigenvalue weighted by Crippen LogP contribution is 2.68. The molecule has 0 spiro atoms. The van der Waals surface area contributed by atoms with Crippen molar-refractivity contribution in [2.24, 2.45) is 34.5 Å². The topological polar surface area (TPSA) is 74.7 Å². The predicted molar refractivity (Wildman–Crippen MR) is 86.5 cm³/mol. The van der Waals surface area contributed by atoms with Crippen LogP contribution in [0.25, 0.3) is 0 Å². The fourth-order valence-electron chi connectivity index (χ4n) is 6.56. The molecule has 0 aromatic rings. The molecule has 0 aromatic carbocycles. The van der Waals surface area contributed by atoms with Crippen LogP contribution in [0.15, 0.2) is 0 Å². The molecule has 6 heteroatoms. The molecule has 3 unspecified atom stereocenters. The number of piperidine rings is 3. The van der Waals surface area contributed by atoms with Crippen LogP contribution in [0.5, 0.6) is 0 Å². The van der Waals surface area contributed by atoms with Gasteiger partial charge in [-0.1, -0.05) is 13.8 Å². The van der Waals surface area contributed by atoms with E-state index in [0.717, 1.165) is 26.1 Å². The number of carbonyl (C=O) groups excluding carboxylic acids is 1. The normalized spacial score (nSPS) is 48.1. The highest BCUT2D eigenvalue weighted by Gasteiger charge is 2.71. The van der Waals surface area contributed by atoms with Gasteiger partial charge < -0.3 is 4.90 Å². The zero-order chi connectivity index (χ0) is 16.6. The predicted octanol–water partition coefficient (Wildman–Crippen LogP) is 1.84. The molecule has 5 fully saturated rings. The van der Waals surface area contributed by atoms with E-state index in [4.69, 9.17) is 0 Å². The summed E-state index contributed by atoms with van der Waals surface area (Å²) in [4.78, 5) is 15.8. The van der Waals surface area contributed by atoms with Crippen LogP contribution in [0, 0.1) is 34.5 Å². The van der Waals surface area contributed by atoms with Gasteiger partial charge in [0.1, 0.15) is 5.78 Å². The van der Waals surface area contributed by atoms with Gasteiger partial charge in [-0.2, -0.15) is 8.42 Å². The molecule has 5 nitrogen and oxygen atoms in total. The third kappa shape index (κ3) is 2.10. The van der Waals surface area contributed by atoms with Gasteiger partial charge in [-0.3, -0.25) is 9.35 Å². The quantitative estimate of drug-likeness (QED) is 0.793. The number of carbonyl (C=O) groups is 1. The SMILES string of the molecule is CC1(C)C2CCC1(CS(=O)(=O)O)C(=O)[C@H]2C1CN2CCC1CC2. The van der Waals surface area contributed by atoms with Gasteiger partial charge in [-0.25, -0.2) is 0 Å². The molecule has 4 bridgehead atoms. The standard InChI is InChI=1S/C17H27NO4S/c1-16(2)13-3-6-17(16,10-23(20,21)22)15(19)14(13)12-9-18-7-4-11(12)5-8-18/h11-14H,3-10H2,1-2H3,(H,20,21,22)/t12?,13?,14-,17?/m0/s1. The van der Waals surface area contributed by atoms with E-state index in [1.165, 1.54) is 12.8 Å². The Balaban J connectivity index is 1.71. The van der Waals surface area contributed by atoms with Crippen LogP contribution in [-0.4, -0.2) is 49.0 Å². The summed E-state index contributed by atoms with van der Waals surface area (Å²) in [6.07, 6.45) is 3.88. The Morgan fingerprint density at radius 2 is 1.87 bits per heavy atom. The van der Waals surface area contributed by atoms with E-state index in [1.54, 1.807) is 0 Å². The van der Waals surface area contributed by atoms with Crippen molar-refractivity contribution in [1.29, 1.82) is 0 Å². The zero-order valence-corrected chi connectivity index (χ0v) is 14.8. The lowest BCUT2D eigenvalue weighted by Gasteiger charge is -2.48. The van der Waals surface area contributed by atoms with Gasteiger partial charge in [0, 0.05) is 12.5 Å². The van der Waals surface area contributed by atoms with Gasteiger partial charge in [0.05, 0.1) is 11.2 Å². The van der Waals surface area contributed by atoms with E-state index >= 15 is 0 Å². The highest BCUT2D eigenvalue weighted by atomic mass is 32.2. The molecule has 0 amide bonds. The van der Waals surface area contributed by atoms with Crippen LogP contribution >= 0.6 is 0 Å². The van der Waals surface area contributed by atoms with Crippen molar-refractivity contribution >= 4 is 15.9 Å². The molecule has 1 N–H and O–H groups in total. The van der Waals surface area contributed by atoms with Crippen molar-refractivity contribution in [3.8, 4) is 0 Å². The first-order chi connectivity index (χ1) is 10.7. The Morgan fingerprint density at radius 1 is 1.22 bits per heavy atom. The van der Waals surface area contributed by atoms with E-state index in [9.17, 15) is 17.8 Å². The Kier molecular flexibility index (Phi) is 3.34. The maximum atomic E-state index is 13.4. The average Bonchev–Trinajstić information content (AvgIpc) is 2.80. The first-order valence-corrected chi connectivity index (χ1v) is 10.5. The number of nitrogens with zero attached hydrogens (tertiary/aromatic N) is 1. The Hall–Kier alpha value is -0.460. The second-order valence-electron chi connectivity index (χ2n) is 8.87. The van der Waals surface area contributed by atoms with Crippen LogP contribution in [-0.2, 0) is 14.9 Å². The summed E-state index contributed by atoms with van der Waals surface area (Å²) in [6.45, 7) is 7.39. The molecule has 5 aliphatic rings. The van der Waals surface area contributed by atoms with Crippen molar-refractivity contribution in [2.75, 3.05) is 25.4 Å². The summed E-state index contributed by atoms with van der Waals surface area (Å²) in [5, 5.41) is 0. The third-order valence-corrected chi connectivity index (χ3v) is 8.70. The van der Waals surface area contributed by atoms with Crippen molar-refractivity contribution in [3.05, 3.63) is 0 Å². The summed E-state index contributed by atoms with van der Waals surface area (Å²) in [5.41, 5.74) is -1.21. The number of fused-ring (bicyclic) bond motifs is 5. The van der Waals surface area contributed by atoms with Gasteiger partial charge in [-0.15, -0.1) is 0 Å². The fourth-order valence-corrected chi connectivity index (χ4v) is 7.84. The first kappa shape index (κ1) is 16.0. The van der Waals surface area contributed by atoms with Gasteiger partial charge in [0.15, 0.2) is 0 Å². The summed E-state index contributed by atoms with van der Waals surface area (Å²) >= 11 is 0. The van der Waals surface area contributed by atoms with Crippen LogP contribution in [0.2, 0.25) is 0 Å². The molecule has 3 aliphatic heterocycles. The number of hydrogen-bond acceptors (Lipinski definition) is 4. The maximum absolute atomic E-state index is 13.4. The number of Topliss-reactive ketones (excluding diaryl/α,β-unsaturated/α-hetero) is 1. The van der Waals surface area contributed by atoms with Crippen LogP contribution < -0.4 is 0 Å². The summed E-state index contributed by atoms with van der Waals surface area (Å²) in [6, 6.07) is 0. The lowest BCUT2D eigenvalue weighted by atomic mass is 9.66. The summed E-state index contributed by atoms with van der Waals surface area (Å²) < 4.78 is 32.7. The minimum Gasteiger partial charge on any atom is -0.303 e.